The average molecular weight is 455 g/mol. The predicted molar refractivity (Wildman–Crippen MR) is 120 cm³/mol. The second-order valence-corrected chi connectivity index (χ2v) is 9.19. The molecule has 0 unspecified atom stereocenters. The largest absolute Gasteiger partial charge is 0.355 e. The highest BCUT2D eigenvalue weighted by atomic mass is 35.5. The van der Waals surface area contributed by atoms with Crippen molar-refractivity contribution in [3.63, 3.8) is 0 Å². The Balaban J connectivity index is 1.30. The predicted octanol–water partition coefficient (Wildman–Crippen LogP) is 5.39. The number of benzene rings is 2. The zero-order chi connectivity index (χ0) is 20.6. The summed E-state index contributed by atoms with van der Waals surface area (Å²) in [5, 5.41) is 4.20. The summed E-state index contributed by atoms with van der Waals surface area (Å²) in [4.78, 5) is 14.7. The van der Waals surface area contributed by atoms with Crippen molar-refractivity contribution < 1.29 is 9.18 Å². The molecule has 1 heterocycles. The molecular weight excluding hydrogens is 430 g/mol. The van der Waals surface area contributed by atoms with Gasteiger partial charge in [-0.2, -0.15) is 11.8 Å². The third-order valence-electron chi connectivity index (χ3n) is 5.08. The maximum Gasteiger partial charge on any atom is 0.223 e. The molecule has 7 heteroatoms. The van der Waals surface area contributed by atoms with E-state index >= 15 is 0 Å². The van der Waals surface area contributed by atoms with Crippen LogP contribution < -0.4 is 5.32 Å². The number of carbonyl (C=O) groups excluding carboxylic acids is 1. The number of hydrogen-bond acceptors (Lipinski definition) is 3. The van der Waals surface area contributed by atoms with Gasteiger partial charge >= 0.3 is 0 Å². The zero-order valence-electron chi connectivity index (χ0n) is 16.2. The van der Waals surface area contributed by atoms with Gasteiger partial charge < -0.3 is 5.32 Å². The van der Waals surface area contributed by atoms with Crippen LogP contribution in [-0.4, -0.2) is 36.2 Å². The van der Waals surface area contributed by atoms with Crippen LogP contribution in [0.4, 0.5) is 4.39 Å². The minimum Gasteiger partial charge on any atom is -0.355 e. The number of likely N-dealkylation sites (tertiary alicyclic amines) is 1. The third kappa shape index (κ3) is 7.18. The SMILES string of the molecule is O=C(NCCSCc1ccc(Cl)c(Cl)c1)C1CCN(Cc2ccc(F)cc2)CC1. The fourth-order valence-electron chi connectivity index (χ4n) is 3.41. The molecule has 1 aliphatic heterocycles. The van der Waals surface area contributed by atoms with Crippen LogP contribution in [0.25, 0.3) is 0 Å². The first-order chi connectivity index (χ1) is 14.0. The molecule has 2 aromatic rings. The fourth-order valence-corrected chi connectivity index (χ4v) is 4.54. The van der Waals surface area contributed by atoms with Crippen molar-refractivity contribution in [3.8, 4) is 0 Å². The summed E-state index contributed by atoms with van der Waals surface area (Å²) >= 11 is 13.7. The number of rotatable bonds is 8. The molecular formula is C22H25Cl2FN2OS. The summed E-state index contributed by atoms with van der Waals surface area (Å²) in [6.45, 7) is 3.25. The molecule has 2 aromatic carbocycles. The molecule has 1 N–H and O–H groups in total. The first kappa shape index (κ1) is 22.4. The van der Waals surface area contributed by atoms with Crippen molar-refractivity contribution in [2.75, 3.05) is 25.4 Å². The van der Waals surface area contributed by atoms with Gasteiger partial charge in [-0.05, 0) is 61.3 Å². The van der Waals surface area contributed by atoms with E-state index in [9.17, 15) is 9.18 Å². The quantitative estimate of drug-likeness (QED) is 0.542. The van der Waals surface area contributed by atoms with Crippen LogP contribution in [-0.2, 0) is 17.1 Å². The van der Waals surface area contributed by atoms with E-state index in [-0.39, 0.29) is 17.6 Å². The van der Waals surface area contributed by atoms with Crippen LogP contribution in [0.15, 0.2) is 42.5 Å². The lowest BCUT2D eigenvalue weighted by atomic mass is 9.95. The van der Waals surface area contributed by atoms with Crippen molar-refractivity contribution in [1.29, 1.82) is 0 Å². The fraction of sp³-hybridized carbons (Fsp3) is 0.409. The molecule has 3 rings (SSSR count). The topological polar surface area (TPSA) is 32.3 Å². The molecule has 1 aliphatic rings. The number of nitrogens with one attached hydrogen (secondary N) is 1. The van der Waals surface area contributed by atoms with Gasteiger partial charge in [-0.3, -0.25) is 9.69 Å². The lowest BCUT2D eigenvalue weighted by Gasteiger charge is -2.31. The van der Waals surface area contributed by atoms with Gasteiger partial charge in [0.1, 0.15) is 5.82 Å². The van der Waals surface area contributed by atoms with E-state index in [1.54, 1.807) is 11.8 Å². The maximum absolute atomic E-state index is 13.0. The van der Waals surface area contributed by atoms with Gasteiger partial charge in [0.05, 0.1) is 10.0 Å². The molecule has 1 saturated heterocycles. The summed E-state index contributed by atoms with van der Waals surface area (Å²) in [5.41, 5.74) is 2.23. The molecule has 0 spiro atoms. The second-order valence-electron chi connectivity index (χ2n) is 7.27. The lowest BCUT2D eigenvalue weighted by molar-refractivity contribution is -0.126. The third-order valence-corrected chi connectivity index (χ3v) is 6.85. The van der Waals surface area contributed by atoms with Gasteiger partial charge in [-0.15, -0.1) is 0 Å². The van der Waals surface area contributed by atoms with Gasteiger partial charge in [-0.25, -0.2) is 4.39 Å². The molecule has 3 nitrogen and oxygen atoms in total. The minimum absolute atomic E-state index is 0.0829. The summed E-state index contributed by atoms with van der Waals surface area (Å²) in [6, 6.07) is 12.3. The Morgan fingerprint density at radius 3 is 2.45 bits per heavy atom. The first-order valence-electron chi connectivity index (χ1n) is 9.77. The smallest absolute Gasteiger partial charge is 0.223 e. The van der Waals surface area contributed by atoms with E-state index in [1.807, 2.05) is 30.3 Å². The van der Waals surface area contributed by atoms with Crippen molar-refractivity contribution in [2.45, 2.75) is 25.1 Å². The molecule has 1 amide bonds. The van der Waals surface area contributed by atoms with Crippen molar-refractivity contribution >= 4 is 40.9 Å². The summed E-state index contributed by atoms with van der Waals surface area (Å²) in [5.74, 6) is 1.73. The Labute approximate surface area is 185 Å². The van der Waals surface area contributed by atoms with E-state index < -0.39 is 0 Å². The zero-order valence-corrected chi connectivity index (χ0v) is 18.5. The molecule has 0 radical (unpaired) electrons. The molecule has 1 fully saturated rings. The number of hydrogen-bond donors (Lipinski definition) is 1. The Bertz CT molecular complexity index is 811. The van der Waals surface area contributed by atoms with Gasteiger partial charge in [0, 0.05) is 30.5 Å². The Hall–Kier alpha value is -1.27. The number of nitrogens with zero attached hydrogens (tertiary/aromatic N) is 1. The molecule has 0 bridgehead atoms. The van der Waals surface area contributed by atoms with Crippen LogP contribution >= 0.6 is 35.0 Å². The van der Waals surface area contributed by atoms with E-state index in [0.29, 0.717) is 16.6 Å². The molecule has 0 aliphatic carbocycles. The molecule has 0 atom stereocenters. The molecule has 0 saturated carbocycles. The number of halogens is 3. The van der Waals surface area contributed by atoms with Crippen LogP contribution in [0.2, 0.25) is 10.0 Å². The standard InChI is InChI=1S/C22H25Cl2FN2OS/c23-20-6-3-17(13-21(20)24)15-29-12-9-26-22(28)18-7-10-27(11-8-18)14-16-1-4-19(25)5-2-16/h1-6,13,18H,7-12,14-15H2,(H,26,28). The number of thioether (sulfide) groups is 1. The minimum atomic E-state index is -0.209. The summed E-state index contributed by atoms with van der Waals surface area (Å²) in [6.07, 6.45) is 1.73. The van der Waals surface area contributed by atoms with Crippen LogP contribution in [0, 0.1) is 11.7 Å². The van der Waals surface area contributed by atoms with Gasteiger partial charge in [0.2, 0.25) is 5.91 Å². The summed E-state index contributed by atoms with van der Waals surface area (Å²) < 4.78 is 13.0. The second kappa shape index (κ2) is 11.2. The maximum atomic E-state index is 13.0. The molecule has 0 aromatic heterocycles. The molecule has 29 heavy (non-hydrogen) atoms. The Morgan fingerprint density at radius 1 is 1.07 bits per heavy atom. The first-order valence-corrected chi connectivity index (χ1v) is 11.7. The van der Waals surface area contributed by atoms with Gasteiger partial charge in [-0.1, -0.05) is 41.4 Å². The van der Waals surface area contributed by atoms with Crippen molar-refractivity contribution in [2.24, 2.45) is 5.92 Å². The van der Waals surface area contributed by atoms with Crippen LogP contribution in [0.3, 0.4) is 0 Å². The van der Waals surface area contributed by atoms with Gasteiger partial charge in [0.25, 0.3) is 0 Å². The van der Waals surface area contributed by atoms with Crippen LogP contribution in [0.1, 0.15) is 24.0 Å². The van der Waals surface area contributed by atoms with E-state index in [1.165, 1.54) is 12.1 Å². The monoisotopic (exact) mass is 454 g/mol. The highest BCUT2D eigenvalue weighted by Crippen LogP contribution is 2.24. The highest BCUT2D eigenvalue weighted by Gasteiger charge is 2.24. The summed E-state index contributed by atoms with van der Waals surface area (Å²) in [7, 11) is 0. The molecule has 156 valence electrons. The number of carbonyl (C=O) groups is 1. The normalized spacial score (nSPS) is 15.4. The average Bonchev–Trinajstić information content (AvgIpc) is 2.72. The van der Waals surface area contributed by atoms with E-state index in [2.05, 4.69) is 10.2 Å². The lowest BCUT2D eigenvalue weighted by Crippen LogP contribution is -2.40. The Kier molecular flexibility index (Phi) is 8.67. The highest BCUT2D eigenvalue weighted by molar-refractivity contribution is 7.98. The van der Waals surface area contributed by atoms with Crippen molar-refractivity contribution in [3.05, 3.63) is 69.5 Å². The Morgan fingerprint density at radius 2 is 1.76 bits per heavy atom. The van der Waals surface area contributed by atoms with E-state index in [0.717, 1.165) is 55.1 Å². The van der Waals surface area contributed by atoms with Crippen LogP contribution in [0.5, 0.6) is 0 Å². The van der Waals surface area contributed by atoms with E-state index in [4.69, 9.17) is 23.2 Å². The van der Waals surface area contributed by atoms with Crippen molar-refractivity contribution in [1.82, 2.24) is 10.2 Å². The number of piperidine rings is 1. The van der Waals surface area contributed by atoms with Gasteiger partial charge in [0.15, 0.2) is 0 Å². The number of amides is 1.